The lowest BCUT2D eigenvalue weighted by atomic mass is 10.1. The highest BCUT2D eigenvalue weighted by atomic mass is 32.2. The number of methoxy groups -OCH3 is 1. The van der Waals surface area contributed by atoms with Crippen LogP contribution in [0.5, 0.6) is 17.2 Å². The maximum atomic E-state index is 13.4. The fourth-order valence-electron chi connectivity index (χ4n) is 4.15. The molecule has 0 fully saturated rings. The highest BCUT2D eigenvalue weighted by Crippen LogP contribution is 2.34. The van der Waals surface area contributed by atoms with Crippen molar-refractivity contribution in [1.82, 2.24) is 10.2 Å². The van der Waals surface area contributed by atoms with Gasteiger partial charge in [-0.3, -0.25) is 13.9 Å². The summed E-state index contributed by atoms with van der Waals surface area (Å²) >= 11 is 0. The Morgan fingerprint density at radius 2 is 1.76 bits per heavy atom. The summed E-state index contributed by atoms with van der Waals surface area (Å²) in [6.07, 6.45) is 1.44. The van der Waals surface area contributed by atoms with Crippen LogP contribution in [0.2, 0.25) is 0 Å². The quantitative estimate of drug-likeness (QED) is 0.435. The smallest absolute Gasteiger partial charge is 0.242 e. The second-order valence-electron chi connectivity index (χ2n) is 9.48. The number of hydrogen-bond donors (Lipinski definition) is 1. The molecule has 2 amide bonds. The number of hydrogen-bond acceptors (Lipinski definition) is 7. The van der Waals surface area contributed by atoms with Crippen molar-refractivity contribution >= 4 is 27.5 Å². The number of carbonyl (C=O) groups excluding carboxylic acids is 2. The van der Waals surface area contributed by atoms with Gasteiger partial charge in [-0.25, -0.2) is 8.42 Å². The fraction of sp³-hybridized carbons (Fsp3) is 0.481. The molecule has 1 heterocycles. The van der Waals surface area contributed by atoms with Crippen LogP contribution in [-0.4, -0.2) is 70.3 Å². The fourth-order valence-corrected chi connectivity index (χ4v) is 5.10. The van der Waals surface area contributed by atoms with Crippen LogP contribution in [-0.2, 0) is 26.2 Å². The molecule has 208 valence electrons. The highest BCUT2D eigenvalue weighted by Gasteiger charge is 2.27. The summed E-state index contributed by atoms with van der Waals surface area (Å²) in [7, 11) is -2.06. The minimum Gasteiger partial charge on any atom is -0.497 e. The average Bonchev–Trinajstić information content (AvgIpc) is 2.88. The summed E-state index contributed by atoms with van der Waals surface area (Å²) in [5, 5.41) is 2.86. The van der Waals surface area contributed by atoms with Crippen LogP contribution in [0.25, 0.3) is 0 Å². The van der Waals surface area contributed by atoms with Crippen molar-refractivity contribution in [2.24, 2.45) is 0 Å². The predicted molar refractivity (Wildman–Crippen MR) is 145 cm³/mol. The summed E-state index contributed by atoms with van der Waals surface area (Å²) in [6.45, 7) is 6.52. The zero-order chi connectivity index (χ0) is 27.9. The maximum Gasteiger partial charge on any atom is 0.242 e. The normalized spacial score (nSPS) is 13.5. The van der Waals surface area contributed by atoms with Crippen molar-refractivity contribution in [2.45, 2.75) is 52.2 Å². The molecule has 1 atom stereocenters. The van der Waals surface area contributed by atoms with Crippen molar-refractivity contribution in [3.05, 3.63) is 48.0 Å². The third-order valence-electron chi connectivity index (χ3n) is 6.05. The van der Waals surface area contributed by atoms with Crippen molar-refractivity contribution < 1.29 is 32.2 Å². The Morgan fingerprint density at radius 3 is 2.42 bits per heavy atom. The molecule has 0 bridgehead atoms. The highest BCUT2D eigenvalue weighted by molar-refractivity contribution is 7.92. The number of nitrogens with zero attached hydrogens (tertiary/aromatic N) is 2. The zero-order valence-corrected chi connectivity index (χ0v) is 23.4. The Balaban J connectivity index is 1.75. The van der Waals surface area contributed by atoms with Gasteiger partial charge in [-0.1, -0.05) is 12.1 Å². The molecule has 0 aliphatic carbocycles. The third-order valence-corrected chi connectivity index (χ3v) is 7.25. The topological polar surface area (TPSA) is 114 Å². The molecule has 1 aliphatic rings. The zero-order valence-electron chi connectivity index (χ0n) is 22.6. The second kappa shape index (κ2) is 12.9. The van der Waals surface area contributed by atoms with Crippen LogP contribution >= 0.6 is 0 Å². The lowest BCUT2D eigenvalue weighted by Crippen LogP contribution is -2.49. The van der Waals surface area contributed by atoms with Gasteiger partial charge in [0.1, 0.15) is 25.0 Å². The monoisotopic (exact) mass is 547 g/mol. The van der Waals surface area contributed by atoms with E-state index in [4.69, 9.17) is 14.2 Å². The number of carbonyl (C=O) groups is 2. The molecule has 2 aromatic carbocycles. The van der Waals surface area contributed by atoms with Gasteiger partial charge < -0.3 is 24.4 Å². The van der Waals surface area contributed by atoms with Gasteiger partial charge in [0.05, 0.1) is 19.1 Å². The van der Waals surface area contributed by atoms with Crippen LogP contribution in [0.15, 0.2) is 42.5 Å². The van der Waals surface area contributed by atoms with Gasteiger partial charge in [-0.2, -0.15) is 0 Å². The van der Waals surface area contributed by atoms with E-state index in [0.29, 0.717) is 36.1 Å². The van der Waals surface area contributed by atoms with Gasteiger partial charge in [-0.05, 0) is 57.0 Å². The minimum absolute atomic E-state index is 0.0554. The number of ether oxygens (including phenoxy) is 3. The van der Waals surface area contributed by atoms with Gasteiger partial charge in [0.2, 0.25) is 21.8 Å². The first kappa shape index (κ1) is 29.1. The Hall–Kier alpha value is -3.47. The molecule has 1 N–H and O–H groups in total. The van der Waals surface area contributed by atoms with Gasteiger partial charge in [0, 0.05) is 31.6 Å². The van der Waals surface area contributed by atoms with E-state index >= 15 is 0 Å². The molecule has 38 heavy (non-hydrogen) atoms. The number of sulfonamides is 1. The van der Waals surface area contributed by atoms with E-state index in [2.05, 4.69) is 5.32 Å². The summed E-state index contributed by atoms with van der Waals surface area (Å²) in [6, 6.07) is 11.5. The Bertz CT molecular complexity index is 1230. The molecule has 0 saturated carbocycles. The van der Waals surface area contributed by atoms with E-state index in [1.165, 1.54) is 9.21 Å². The molecule has 0 spiro atoms. The van der Waals surface area contributed by atoms with Gasteiger partial charge in [0.25, 0.3) is 0 Å². The molecule has 0 unspecified atom stereocenters. The number of fused-ring (bicyclic) bond motifs is 1. The summed E-state index contributed by atoms with van der Waals surface area (Å²) in [4.78, 5) is 27.7. The van der Waals surface area contributed by atoms with E-state index in [-0.39, 0.29) is 43.8 Å². The summed E-state index contributed by atoms with van der Waals surface area (Å²) < 4.78 is 42.9. The van der Waals surface area contributed by atoms with Crippen LogP contribution in [0.3, 0.4) is 0 Å². The van der Waals surface area contributed by atoms with E-state index in [1.807, 2.05) is 38.1 Å². The lowest BCUT2D eigenvalue weighted by Gasteiger charge is -2.30. The largest absolute Gasteiger partial charge is 0.497 e. The van der Waals surface area contributed by atoms with E-state index in [1.54, 1.807) is 32.2 Å². The Kier molecular flexibility index (Phi) is 9.84. The van der Waals surface area contributed by atoms with Crippen LogP contribution in [0.4, 0.5) is 5.69 Å². The first-order valence-corrected chi connectivity index (χ1v) is 14.4. The van der Waals surface area contributed by atoms with Gasteiger partial charge in [0.15, 0.2) is 11.5 Å². The van der Waals surface area contributed by atoms with Crippen molar-refractivity contribution in [2.75, 3.05) is 37.4 Å². The minimum atomic E-state index is -3.63. The van der Waals surface area contributed by atoms with E-state index in [0.717, 1.165) is 11.8 Å². The first-order chi connectivity index (χ1) is 18.0. The molecule has 0 saturated heterocycles. The van der Waals surface area contributed by atoms with E-state index in [9.17, 15) is 18.0 Å². The van der Waals surface area contributed by atoms with Crippen LogP contribution in [0.1, 0.15) is 39.2 Å². The van der Waals surface area contributed by atoms with E-state index < -0.39 is 16.1 Å². The molecular weight excluding hydrogens is 510 g/mol. The molecule has 10 nitrogen and oxygen atoms in total. The van der Waals surface area contributed by atoms with Crippen molar-refractivity contribution in [3.8, 4) is 17.2 Å². The Morgan fingerprint density at radius 1 is 1.05 bits per heavy atom. The van der Waals surface area contributed by atoms with Gasteiger partial charge in [-0.15, -0.1) is 0 Å². The summed E-state index contributed by atoms with van der Waals surface area (Å²) in [5.74, 6) is 1.18. The lowest BCUT2D eigenvalue weighted by molar-refractivity contribution is -0.140. The summed E-state index contributed by atoms with van der Waals surface area (Å²) in [5.41, 5.74) is 1.25. The van der Waals surface area contributed by atoms with Crippen LogP contribution < -0.4 is 23.8 Å². The average molecular weight is 548 g/mol. The van der Waals surface area contributed by atoms with Crippen LogP contribution in [0, 0.1) is 0 Å². The SMILES string of the molecule is COc1cccc(CN(C(=O)CCCN(c2ccc3c(c2)OCCO3)S(C)(=O)=O)[C@@H](C)C(=O)NC(C)C)c1. The molecule has 0 aromatic heterocycles. The standard InChI is InChI=1S/C27H37N3O7S/c1-19(2)28-27(32)20(3)29(18-21-8-6-9-23(16-21)35-4)26(31)10-7-13-30(38(5,33)34)22-11-12-24-25(17-22)37-15-14-36-24/h6,8-9,11-12,16-17,19-20H,7,10,13-15,18H2,1-5H3,(H,28,32)/t20-/m0/s1. The third kappa shape index (κ3) is 7.77. The first-order valence-electron chi connectivity index (χ1n) is 12.6. The van der Waals surface area contributed by atoms with Crippen molar-refractivity contribution in [1.29, 1.82) is 0 Å². The molecule has 2 aromatic rings. The Labute approximate surface area is 224 Å². The molecule has 11 heteroatoms. The molecular formula is C27H37N3O7S. The molecule has 0 radical (unpaired) electrons. The number of anilines is 1. The van der Waals surface area contributed by atoms with Crippen molar-refractivity contribution in [3.63, 3.8) is 0 Å². The number of nitrogens with one attached hydrogen (secondary N) is 1. The number of amides is 2. The number of benzene rings is 2. The predicted octanol–water partition coefficient (Wildman–Crippen LogP) is 2.95. The maximum absolute atomic E-state index is 13.4. The van der Waals surface area contributed by atoms with Gasteiger partial charge >= 0.3 is 0 Å². The second-order valence-corrected chi connectivity index (χ2v) is 11.4. The molecule has 1 aliphatic heterocycles. The molecule has 3 rings (SSSR count). The number of rotatable bonds is 12.